The number of hydrogen-bond donors (Lipinski definition) is 1. The van der Waals surface area contributed by atoms with Crippen molar-refractivity contribution < 1.29 is 8.42 Å². The minimum absolute atomic E-state index is 0.0373. The highest BCUT2D eigenvalue weighted by Crippen LogP contribution is 2.16. The third-order valence-corrected chi connectivity index (χ3v) is 5.19. The van der Waals surface area contributed by atoms with Gasteiger partial charge in [0.1, 0.15) is 0 Å². The fourth-order valence-corrected chi connectivity index (χ4v) is 3.32. The number of sulfone groups is 1. The molecule has 0 aliphatic rings. The van der Waals surface area contributed by atoms with Gasteiger partial charge in [-0.15, -0.1) is 5.10 Å². The Kier molecular flexibility index (Phi) is 4.44. The number of aromatic nitrogens is 3. The number of hydrogen-bond acceptors (Lipinski definition) is 5. The maximum atomic E-state index is 12.2. The van der Waals surface area contributed by atoms with Crippen molar-refractivity contribution in [2.75, 3.05) is 11.5 Å². The van der Waals surface area contributed by atoms with Gasteiger partial charge in [-0.2, -0.15) is 0 Å². The number of nitrogens with zero attached hydrogens (tertiary/aromatic N) is 3. The number of aryl methyl sites for hydroxylation is 1. The van der Waals surface area contributed by atoms with Crippen molar-refractivity contribution in [3.8, 4) is 0 Å². The van der Waals surface area contributed by atoms with E-state index in [4.69, 9.17) is 5.73 Å². The van der Waals surface area contributed by atoms with Crippen LogP contribution in [0, 0.1) is 0 Å². The van der Waals surface area contributed by atoms with E-state index in [1.807, 2.05) is 6.92 Å². The summed E-state index contributed by atoms with van der Waals surface area (Å²) in [5.74, 6) is 0.318. The highest BCUT2D eigenvalue weighted by molar-refractivity contribution is 9.10. The van der Waals surface area contributed by atoms with E-state index in [9.17, 15) is 8.42 Å². The first-order valence-electron chi connectivity index (χ1n) is 6.10. The molecular formula is C12H15BrN4O2S. The second-order valence-electron chi connectivity index (χ2n) is 4.27. The zero-order valence-corrected chi connectivity index (χ0v) is 13.4. The van der Waals surface area contributed by atoms with Crippen molar-refractivity contribution in [2.24, 2.45) is 0 Å². The van der Waals surface area contributed by atoms with Crippen LogP contribution in [0.5, 0.6) is 0 Å². The third-order valence-electron chi connectivity index (χ3n) is 2.95. The highest BCUT2D eigenvalue weighted by atomic mass is 79.9. The number of anilines is 1. The Balaban J connectivity index is 2.15. The van der Waals surface area contributed by atoms with Crippen molar-refractivity contribution in [2.45, 2.75) is 24.8 Å². The largest absolute Gasteiger partial charge is 0.381 e. The van der Waals surface area contributed by atoms with Crippen LogP contribution in [0.1, 0.15) is 12.6 Å². The molecule has 1 aromatic heterocycles. The average molecular weight is 359 g/mol. The van der Waals surface area contributed by atoms with Gasteiger partial charge in [0.05, 0.1) is 22.9 Å². The van der Waals surface area contributed by atoms with E-state index < -0.39 is 9.84 Å². The molecule has 2 aromatic rings. The predicted octanol–water partition coefficient (Wildman–Crippen LogP) is 1.66. The minimum Gasteiger partial charge on any atom is -0.381 e. The summed E-state index contributed by atoms with van der Waals surface area (Å²) in [5, 5.41) is 7.63. The standard InChI is InChI=1S/C12H15BrN4O2S/c1-2-11-12(14)15-16-17(11)7-8-20(18,19)10-5-3-9(13)4-6-10/h3-6H,2,7-8,14H2,1H3. The quantitative estimate of drug-likeness (QED) is 0.877. The molecule has 0 bridgehead atoms. The van der Waals surface area contributed by atoms with Crippen molar-refractivity contribution >= 4 is 31.6 Å². The fraction of sp³-hybridized carbons (Fsp3) is 0.333. The normalized spacial score (nSPS) is 11.7. The number of halogens is 1. The zero-order chi connectivity index (χ0) is 14.8. The van der Waals surface area contributed by atoms with Crippen molar-refractivity contribution in [1.82, 2.24) is 15.0 Å². The lowest BCUT2D eigenvalue weighted by atomic mass is 10.3. The maximum Gasteiger partial charge on any atom is 0.180 e. The smallest absolute Gasteiger partial charge is 0.180 e. The first kappa shape index (κ1) is 15.0. The molecule has 8 heteroatoms. The Hall–Kier alpha value is -1.41. The molecule has 0 saturated heterocycles. The zero-order valence-electron chi connectivity index (χ0n) is 11.0. The molecule has 6 nitrogen and oxygen atoms in total. The molecule has 0 radical (unpaired) electrons. The summed E-state index contributed by atoms with van der Waals surface area (Å²) >= 11 is 3.28. The monoisotopic (exact) mass is 358 g/mol. The summed E-state index contributed by atoms with van der Waals surface area (Å²) in [6.45, 7) is 2.17. The number of nitrogen functional groups attached to an aromatic ring is 1. The molecule has 20 heavy (non-hydrogen) atoms. The van der Waals surface area contributed by atoms with Crippen molar-refractivity contribution in [1.29, 1.82) is 0 Å². The van der Waals surface area contributed by atoms with E-state index in [1.54, 1.807) is 28.9 Å². The van der Waals surface area contributed by atoms with Gasteiger partial charge in [0.2, 0.25) is 0 Å². The molecule has 0 atom stereocenters. The lowest BCUT2D eigenvalue weighted by molar-refractivity contribution is 0.566. The third kappa shape index (κ3) is 3.18. The highest BCUT2D eigenvalue weighted by Gasteiger charge is 2.16. The SMILES string of the molecule is CCc1c(N)nnn1CCS(=O)(=O)c1ccc(Br)cc1. The number of benzene rings is 1. The molecular weight excluding hydrogens is 344 g/mol. The Labute approximate surface area is 126 Å². The molecule has 0 spiro atoms. The van der Waals surface area contributed by atoms with Gasteiger partial charge in [-0.05, 0) is 30.7 Å². The van der Waals surface area contributed by atoms with Gasteiger partial charge in [0, 0.05) is 4.47 Å². The second-order valence-corrected chi connectivity index (χ2v) is 7.30. The summed E-state index contributed by atoms with van der Waals surface area (Å²) in [5.41, 5.74) is 6.43. The summed E-state index contributed by atoms with van der Waals surface area (Å²) in [6, 6.07) is 6.57. The van der Waals surface area contributed by atoms with Crippen LogP contribution in [-0.2, 0) is 22.8 Å². The Morgan fingerprint density at radius 1 is 1.30 bits per heavy atom. The van der Waals surface area contributed by atoms with E-state index in [-0.39, 0.29) is 12.3 Å². The summed E-state index contributed by atoms with van der Waals surface area (Å²) in [6.07, 6.45) is 0.664. The van der Waals surface area contributed by atoms with Crippen LogP contribution >= 0.6 is 15.9 Å². The van der Waals surface area contributed by atoms with Gasteiger partial charge >= 0.3 is 0 Å². The van der Waals surface area contributed by atoms with Crippen molar-refractivity contribution in [3.63, 3.8) is 0 Å². The molecule has 2 rings (SSSR count). The van der Waals surface area contributed by atoms with Crippen LogP contribution in [-0.4, -0.2) is 29.2 Å². The second kappa shape index (κ2) is 5.92. The summed E-state index contributed by atoms with van der Waals surface area (Å²) in [4.78, 5) is 0.298. The molecule has 108 valence electrons. The minimum atomic E-state index is -3.34. The van der Waals surface area contributed by atoms with Crippen LogP contribution in [0.2, 0.25) is 0 Å². The van der Waals surface area contributed by atoms with Crippen molar-refractivity contribution in [3.05, 3.63) is 34.4 Å². The molecule has 0 aliphatic carbocycles. The Morgan fingerprint density at radius 3 is 2.55 bits per heavy atom. The molecule has 2 N–H and O–H groups in total. The van der Waals surface area contributed by atoms with Crippen LogP contribution in [0.4, 0.5) is 5.82 Å². The molecule has 0 saturated carbocycles. The predicted molar refractivity (Wildman–Crippen MR) is 80.0 cm³/mol. The molecule has 0 fully saturated rings. The van der Waals surface area contributed by atoms with E-state index in [1.165, 1.54) is 0 Å². The van der Waals surface area contributed by atoms with Gasteiger partial charge in [0.25, 0.3) is 0 Å². The molecule has 0 unspecified atom stereocenters. The van der Waals surface area contributed by atoms with Gasteiger partial charge in [-0.1, -0.05) is 28.1 Å². The molecule has 0 amide bonds. The van der Waals surface area contributed by atoms with Gasteiger partial charge < -0.3 is 5.73 Å². The Bertz CT molecular complexity index is 695. The topological polar surface area (TPSA) is 90.9 Å². The molecule has 0 aliphatic heterocycles. The van der Waals surface area contributed by atoms with Gasteiger partial charge in [-0.3, -0.25) is 0 Å². The summed E-state index contributed by atoms with van der Waals surface area (Å²) in [7, 11) is -3.34. The lowest BCUT2D eigenvalue weighted by Gasteiger charge is -2.07. The van der Waals surface area contributed by atoms with E-state index in [0.29, 0.717) is 17.1 Å². The first-order valence-corrected chi connectivity index (χ1v) is 8.54. The van der Waals surface area contributed by atoms with Crippen LogP contribution < -0.4 is 5.73 Å². The first-order chi connectivity index (χ1) is 9.44. The molecule has 1 aromatic carbocycles. The lowest BCUT2D eigenvalue weighted by Crippen LogP contribution is -2.16. The van der Waals surface area contributed by atoms with Crippen LogP contribution in [0.25, 0.3) is 0 Å². The maximum absolute atomic E-state index is 12.2. The van der Waals surface area contributed by atoms with E-state index in [2.05, 4.69) is 26.2 Å². The van der Waals surface area contributed by atoms with Gasteiger partial charge in [-0.25, -0.2) is 13.1 Å². The fourth-order valence-electron chi connectivity index (χ4n) is 1.86. The molecule has 1 heterocycles. The van der Waals surface area contributed by atoms with Gasteiger partial charge in [0.15, 0.2) is 15.7 Å². The summed E-state index contributed by atoms with van der Waals surface area (Å²) < 4.78 is 26.8. The Morgan fingerprint density at radius 2 is 1.95 bits per heavy atom. The average Bonchev–Trinajstić information content (AvgIpc) is 2.77. The van der Waals surface area contributed by atoms with E-state index in [0.717, 1.165) is 10.2 Å². The van der Waals surface area contributed by atoms with E-state index >= 15 is 0 Å². The van der Waals surface area contributed by atoms with Crippen LogP contribution in [0.15, 0.2) is 33.6 Å². The number of rotatable bonds is 5. The van der Waals surface area contributed by atoms with Crippen LogP contribution in [0.3, 0.4) is 0 Å². The number of nitrogens with two attached hydrogens (primary N) is 1.